The van der Waals surface area contributed by atoms with E-state index < -0.39 is 6.09 Å². The van der Waals surface area contributed by atoms with Crippen LogP contribution in [0.4, 0.5) is 4.79 Å². The number of ether oxygens (including phenoxy) is 1. The van der Waals surface area contributed by atoms with Crippen molar-refractivity contribution in [1.29, 1.82) is 0 Å². The average Bonchev–Trinajstić information content (AvgIpc) is 1.85. The van der Waals surface area contributed by atoms with E-state index in [0.717, 1.165) is 6.54 Å². The van der Waals surface area contributed by atoms with Crippen molar-refractivity contribution >= 4 is 6.09 Å². The zero-order valence-corrected chi connectivity index (χ0v) is 7.09. The quantitative estimate of drug-likeness (QED) is 0.569. The summed E-state index contributed by atoms with van der Waals surface area (Å²) < 4.78 is 4.50. The molecule has 0 heterocycles. The fourth-order valence-electron chi connectivity index (χ4n) is 0.615. The fraction of sp³-hybridized carbons (Fsp3) is 0.857. The van der Waals surface area contributed by atoms with Crippen LogP contribution in [0.25, 0.3) is 0 Å². The molecular formula is C7H16N2O2. The standard InChI is InChI=1S/C7H16N2O2/c1-6(2)5-9-3-4-11-7(8)10/h6,9H,3-5H2,1-2H3,(H2,8,10). The van der Waals surface area contributed by atoms with Gasteiger partial charge >= 0.3 is 6.09 Å². The summed E-state index contributed by atoms with van der Waals surface area (Å²) in [5.74, 6) is 0.614. The van der Waals surface area contributed by atoms with Gasteiger partial charge in [0.25, 0.3) is 0 Å². The topological polar surface area (TPSA) is 64.3 Å². The molecule has 0 aliphatic heterocycles. The van der Waals surface area contributed by atoms with Gasteiger partial charge in [-0.1, -0.05) is 13.8 Å². The number of amides is 1. The molecule has 0 unspecified atom stereocenters. The van der Waals surface area contributed by atoms with Crippen molar-refractivity contribution in [1.82, 2.24) is 5.32 Å². The minimum Gasteiger partial charge on any atom is -0.448 e. The monoisotopic (exact) mass is 160 g/mol. The van der Waals surface area contributed by atoms with Gasteiger partial charge in [-0.2, -0.15) is 0 Å². The molecule has 1 amide bonds. The van der Waals surface area contributed by atoms with Gasteiger partial charge in [-0.15, -0.1) is 0 Å². The molecule has 0 aromatic carbocycles. The predicted molar refractivity (Wildman–Crippen MR) is 43.2 cm³/mol. The van der Waals surface area contributed by atoms with E-state index in [1.54, 1.807) is 0 Å². The van der Waals surface area contributed by atoms with E-state index in [1.807, 2.05) is 0 Å². The molecule has 0 atom stereocenters. The Morgan fingerprint density at radius 2 is 2.27 bits per heavy atom. The van der Waals surface area contributed by atoms with Gasteiger partial charge in [0.15, 0.2) is 0 Å². The van der Waals surface area contributed by atoms with E-state index >= 15 is 0 Å². The summed E-state index contributed by atoms with van der Waals surface area (Å²) in [5.41, 5.74) is 4.75. The highest BCUT2D eigenvalue weighted by atomic mass is 16.5. The molecule has 66 valence electrons. The summed E-state index contributed by atoms with van der Waals surface area (Å²) in [4.78, 5) is 10.1. The molecule has 0 spiro atoms. The maximum Gasteiger partial charge on any atom is 0.404 e. The van der Waals surface area contributed by atoms with Crippen LogP contribution in [0.2, 0.25) is 0 Å². The van der Waals surface area contributed by atoms with E-state index in [9.17, 15) is 4.79 Å². The zero-order chi connectivity index (χ0) is 8.69. The summed E-state index contributed by atoms with van der Waals surface area (Å²) in [7, 11) is 0. The Labute approximate surface area is 67.1 Å². The molecule has 0 radical (unpaired) electrons. The molecule has 0 fully saturated rings. The van der Waals surface area contributed by atoms with E-state index in [2.05, 4.69) is 23.9 Å². The minimum absolute atomic E-state index is 0.349. The summed E-state index contributed by atoms with van der Waals surface area (Å²) >= 11 is 0. The third-order valence-electron chi connectivity index (χ3n) is 1.08. The van der Waals surface area contributed by atoms with E-state index in [0.29, 0.717) is 19.1 Å². The summed E-state index contributed by atoms with van der Waals surface area (Å²) in [5, 5.41) is 3.11. The number of carbonyl (C=O) groups is 1. The lowest BCUT2D eigenvalue weighted by Crippen LogP contribution is -2.26. The second kappa shape index (κ2) is 5.97. The molecule has 4 heteroatoms. The van der Waals surface area contributed by atoms with Crippen molar-refractivity contribution in [3.63, 3.8) is 0 Å². The lowest BCUT2D eigenvalue weighted by Gasteiger charge is -2.06. The Kier molecular flexibility index (Phi) is 5.56. The Morgan fingerprint density at radius 1 is 1.64 bits per heavy atom. The van der Waals surface area contributed by atoms with Crippen LogP contribution in [0.5, 0.6) is 0 Å². The molecule has 0 aliphatic carbocycles. The molecule has 11 heavy (non-hydrogen) atoms. The first-order valence-corrected chi connectivity index (χ1v) is 3.76. The first kappa shape index (κ1) is 10.2. The smallest absolute Gasteiger partial charge is 0.404 e. The number of carbonyl (C=O) groups excluding carboxylic acids is 1. The third kappa shape index (κ3) is 9.23. The molecule has 3 N–H and O–H groups in total. The van der Waals surface area contributed by atoms with Crippen LogP contribution >= 0.6 is 0 Å². The van der Waals surface area contributed by atoms with Gasteiger partial charge in [0.05, 0.1) is 0 Å². The van der Waals surface area contributed by atoms with Gasteiger partial charge in [-0.3, -0.25) is 0 Å². The van der Waals surface area contributed by atoms with Gasteiger partial charge in [0.1, 0.15) is 6.61 Å². The van der Waals surface area contributed by atoms with Crippen LogP contribution < -0.4 is 11.1 Å². The second-order valence-electron chi connectivity index (χ2n) is 2.77. The first-order chi connectivity index (χ1) is 5.13. The summed E-state index contributed by atoms with van der Waals surface area (Å²) in [6, 6.07) is 0. The predicted octanol–water partition coefficient (Wildman–Crippen LogP) is 0.327. The van der Waals surface area contributed by atoms with Crippen LogP contribution in [0.3, 0.4) is 0 Å². The lowest BCUT2D eigenvalue weighted by atomic mass is 10.2. The number of primary amides is 1. The highest BCUT2D eigenvalue weighted by Gasteiger charge is 1.94. The van der Waals surface area contributed by atoms with Crippen molar-refractivity contribution in [3.05, 3.63) is 0 Å². The normalized spacial score (nSPS) is 10.1. The number of hydrogen-bond donors (Lipinski definition) is 2. The minimum atomic E-state index is -0.712. The summed E-state index contributed by atoms with van der Waals surface area (Å²) in [6.45, 7) is 6.18. The van der Waals surface area contributed by atoms with Gasteiger partial charge in [0.2, 0.25) is 0 Å². The molecule has 0 aliphatic rings. The van der Waals surface area contributed by atoms with Gasteiger partial charge in [-0.05, 0) is 12.5 Å². The van der Waals surface area contributed by atoms with Crippen LogP contribution in [-0.2, 0) is 4.74 Å². The van der Waals surface area contributed by atoms with Crippen molar-refractivity contribution in [2.45, 2.75) is 13.8 Å². The lowest BCUT2D eigenvalue weighted by molar-refractivity contribution is 0.157. The molecule has 0 saturated heterocycles. The second-order valence-corrected chi connectivity index (χ2v) is 2.77. The van der Waals surface area contributed by atoms with E-state index in [-0.39, 0.29) is 0 Å². The maximum absolute atomic E-state index is 10.1. The van der Waals surface area contributed by atoms with Crippen molar-refractivity contribution in [2.75, 3.05) is 19.7 Å². The van der Waals surface area contributed by atoms with Crippen molar-refractivity contribution < 1.29 is 9.53 Å². The third-order valence-corrected chi connectivity index (χ3v) is 1.08. The van der Waals surface area contributed by atoms with Crippen molar-refractivity contribution in [2.24, 2.45) is 11.7 Å². The molecule has 0 aromatic rings. The molecule has 0 rings (SSSR count). The first-order valence-electron chi connectivity index (χ1n) is 3.76. The van der Waals surface area contributed by atoms with Crippen LogP contribution in [-0.4, -0.2) is 25.8 Å². The molecule has 0 saturated carbocycles. The number of hydrogen-bond acceptors (Lipinski definition) is 3. The molecule has 0 bridgehead atoms. The molecule has 0 aromatic heterocycles. The molecular weight excluding hydrogens is 144 g/mol. The van der Waals surface area contributed by atoms with Crippen LogP contribution in [0.15, 0.2) is 0 Å². The number of rotatable bonds is 5. The van der Waals surface area contributed by atoms with Gasteiger partial charge < -0.3 is 15.8 Å². The Morgan fingerprint density at radius 3 is 2.73 bits per heavy atom. The Balaban J connectivity index is 2.97. The molecule has 4 nitrogen and oxygen atoms in total. The Hall–Kier alpha value is -0.770. The van der Waals surface area contributed by atoms with Crippen molar-refractivity contribution in [3.8, 4) is 0 Å². The Bertz CT molecular complexity index is 115. The highest BCUT2D eigenvalue weighted by Crippen LogP contribution is 1.85. The number of nitrogens with two attached hydrogens (primary N) is 1. The van der Waals surface area contributed by atoms with Crippen LogP contribution in [0, 0.1) is 5.92 Å². The van der Waals surface area contributed by atoms with Gasteiger partial charge in [-0.25, -0.2) is 4.79 Å². The zero-order valence-electron chi connectivity index (χ0n) is 7.09. The highest BCUT2D eigenvalue weighted by molar-refractivity contribution is 5.64. The van der Waals surface area contributed by atoms with Gasteiger partial charge in [0, 0.05) is 6.54 Å². The van der Waals surface area contributed by atoms with Crippen LogP contribution in [0.1, 0.15) is 13.8 Å². The average molecular weight is 160 g/mol. The van der Waals surface area contributed by atoms with E-state index in [4.69, 9.17) is 5.73 Å². The van der Waals surface area contributed by atoms with E-state index in [1.165, 1.54) is 0 Å². The number of nitrogens with one attached hydrogen (secondary N) is 1. The SMILES string of the molecule is CC(C)CNCCOC(N)=O. The fourth-order valence-corrected chi connectivity index (χ4v) is 0.615. The maximum atomic E-state index is 10.1. The summed E-state index contributed by atoms with van der Waals surface area (Å²) in [6.07, 6.45) is -0.712. The largest absolute Gasteiger partial charge is 0.448 e.